The highest BCUT2D eigenvalue weighted by atomic mass is 19.1. The molecule has 0 amide bonds. The Kier molecular flexibility index (Phi) is 4.11. The molecule has 0 unspecified atom stereocenters. The maximum Gasteiger partial charge on any atom is 0.127 e. The quantitative estimate of drug-likeness (QED) is 0.705. The van der Waals surface area contributed by atoms with Crippen molar-refractivity contribution in [2.24, 2.45) is 0 Å². The summed E-state index contributed by atoms with van der Waals surface area (Å²) in [5, 5.41) is 8.54. The van der Waals surface area contributed by atoms with Crippen molar-refractivity contribution in [3.05, 3.63) is 35.6 Å². The highest BCUT2D eigenvalue weighted by molar-refractivity contribution is 5.17. The Bertz CT molecular complexity index is 407. The summed E-state index contributed by atoms with van der Waals surface area (Å²) in [5.41, 5.74) is 0.761. The largest absolute Gasteiger partial charge is 0.296 e. The molecule has 0 aromatic heterocycles. The summed E-state index contributed by atoms with van der Waals surface area (Å²) in [6, 6.07) is 9.71. The Labute approximate surface area is 102 Å². The summed E-state index contributed by atoms with van der Waals surface area (Å²) >= 11 is 0. The van der Waals surface area contributed by atoms with Crippen LogP contribution in [0.2, 0.25) is 0 Å². The van der Waals surface area contributed by atoms with Crippen molar-refractivity contribution in [1.29, 1.82) is 5.26 Å². The number of rotatable bonds is 6. The van der Waals surface area contributed by atoms with E-state index in [1.807, 2.05) is 12.1 Å². The van der Waals surface area contributed by atoms with E-state index in [0.29, 0.717) is 19.0 Å². The molecule has 0 bridgehead atoms. The van der Waals surface area contributed by atoms with Gasteiger partial charge in [-0.1, -0.05) is 18.2 Å². The summed E-state index contributed by atoms with van der Waals surface area (Å²) in [5.74, 6) is -0.126. The molecule has 0 N–H and O–H groups in total. The van der Waals surface area contributed by atoms with Crippen molar-refractivity contribution in [2.75, 3.05) is 6.54 Å². The number of hydrogen-bond donors (Lipinski definition) is 0. The standard InChI is InChI=1S/C14H17FN2/c15-14-6-2-1-5-12(14)11-17(13-7-8-13)10-4-3-9-16/h1-2,5-6,13H,3-4,7-8,10-11H2. The third kappa shape index (κ3) is 3.54. The Balaban J connectivity index is 1.93. The molecule has 0 atom stereocenters. The van der Waals surface area contributed by atoms with Gasteiger partial charge in [0.15, 0.2) is 0 Å². The first-order chi connectivity index (χ1) is 8.31. The average Bonchev–Trinajstić information content (AvgIpc) is 3.15. The first-order valence-corrected chi connectivity index (χ1v) is 6.15. The fourth-order valence-electron chi connectivity index (χ4n) is 2.04. The van der Waals surface area contributed by atoms with Crippen molar-refractivity contribution in [3.8, 4) is 6.07 Å². The SMILES string of the molecule is N#CCCCN(Cc1ccccc1F)C1CC1. The third-order valence-corrected chi connectivity index (χ3v) is 3.13. The zero-order valence-corrected chi connectivity index (χ0v) is 9.90. The Morgan fingerprint density at radius 3 is 2.76 bits per heavy atom. The third-order valence-electron chi connectivity index (χ3n) is 3.13. The second-order valence-corrected chi connectivity index (χ2v) is 4.55. The van der Waals surface area contributed by atoms with Gasteiger partial charge in [0.2, 0.25) is 0 Å². The van der Waals surface area contributed by atoms with Crippen LogP contribution in [0.25, 0.3) is 0 Å². The lowest BCUT2D eigenvalue weighted by atomic mass is 10.2. The van der Waals surface area contributed by atoms with Crippen LogP contribution in [0.4, 0.5) is 4.39 Å². The van der Waals surface area contributed by atoms with Crippen LogP contribution in [0.1, 0.15) is 31.2 Å². The van der Waals surface area contributed by atoms with E-state index in [1.165, 1.54) is 18.9 Å². The molecule has 1 aliphatic rings. The van der Waals surface area contributed by atoms with Gasteiger partial charge in [-0.05, 0) is 31.9 Å². The van der Waals surface area contributed by atoms with Crippen LogP contribution in [0.5, 0.6) is 0 Å². The lowest BCUT2D eigenvalue weighted by Gasteiger charge is -2.21. The van der Waals surface area contributed by atoms with Crippen molar-refractivity contribution >= 4 is 0 Å². The molecule has 1 saturated carbocycles. The van der Waals surface area contributed by atoms with E-state index in [9.17, 15) is 4.39 Å². The highest BCUT2D eigenvalue weighted by Crippen LogP contribution is 2.28. The summed E-state index contributed by atoms with van der Waals surface area (Å²) in [7, 11) is 0. The van der Waals surface area contributed by atoms with Gasteiger partial charge in [0, 0.05) is 24.6 Å². The van der Waals surface area contributed by atoms with Crippen molar-refractivity contribution in [1.82, 2.24) is 4.90 Å². The normalized spacial score (nSPS) is 14.9. The predicted octanol–water partition coefficient (Wildman–Crippen LogP) is 3.09. The number of halogens is 1. The van der Waals surface area contributed by atoms with Crippen LogP contribution in [-0.4, -0.2) is 17.5 Å². The lowest BCUT2D eigenvalue weighted by Crippen LogP contribution is -2.27. The fraction of sp³-hybridized carbons (Fsp3) is 0.500. The number of benzene rings is 1. The average molecular weight is 232 g/mol. The first-order valence-electron chi connectivity index (χ1n) is 6.15. The molecule has 2 nitrogen and oxygen atoms in total. The molecule has 17 heavy (non-hydrogen) atoms. The molecule has 0 heterocycles. The maximum absolute atomic E-state index is 13.5. The van der Waals surface area contributed by atoms with Crippen molar-refractivity contribution in [2.45, 2.75) is 38.3 Å². The molecular weight excluding hydrogens is 215 g/mol. The molecule has 0 saturated heterocycles. The summed E-state index contributed by atoms with van der Waals surface area (Å²) in [6.45, 7) is 1.56. The molecule has 1 aliphatic carbocycles. The monoisotopic (exact) mass is 232 g/mol. The van der Waals surface area contributed by atoms with Crippen LogP contribution in [-0.2, 0) is 6.54 Å². The second-order valence-electron chi connectivity index (χ2n) is 4.55. The molecule has 0 radical (unpaired) electrons. The minimum absolute atomic E-state index is 0.126. The van der Waals surface area contributed by atoms with Crippen LogP contribution in [0, 0.1) is 17.1 Å². The van der Waals surface area contributed by atoms with E-state index in [4.69, 9.17) is 5.26 Å². The molecule has 1 aromatic rings. The fourth-order valence-corrected chi connectivity index (χ4v) is 2.04. The van der Waals surface area contributed by atoms with Gasteiger partial charge >= 0.3 is 0 Å². The van der Waals surface area contributed by atoms with Crippen LogP contribution < -0.4 is 0 Å². The number of unbranched alkanes of at least 4 members (excludes halogenated alkanes) is 1. The van der Waals surface area contributed by atoms with Gasteiger partial charge in [-0.15, -0.1) is 0 Å². The van der Waals surface area contributed by atoms with Crippen LogP contribution >= 0.6 is 0 Å². The van der Waals surface area contributed by atoms with E-state index in [1.54, 1.807) is 6.07 Å². The molecular formula is C14H17FN2. The van der Waals surface area contributed by atoms with Gasteiger partial charge in [0.25, 0.3) is 0 Å². The van der Waals surface area contributed by atoms with E-state index in [0.717, 1.165) is 18.5 Å². The molecule has 3 heteroatoms. The summed E-state index contributed by atoms with van der Waals surface area (Å²) in [6.07, 6.45) is 3.88. The second kappa shape index (κ2) is 5.79. The topological polar surface area (TPSA) is 27.0 Å². The smallest absolute Gasteiger partial charge is 0.127 e. The minimum atomic E-state index is -0.126. The van der Waals surface area contributed by atoms with Gasteiger partial charge in [0.05, 0.1) is 6.07 Å². The zero-order valence-electron chi connectivity index (χ0n) is 9.90. The predicted molar refractivity (Wildman–Crippen MR) is 64.7 cm³/mol. The molecule has 2 rings (SSSR count). The van der Waals surface area contributed by atoms with Gasteiger partial charge in [-0.2, -0.15) is 5.26 Å². The number of nitriles is 1. The minimum Gasteiger partial charge on any atom is -0.296 e. The summed E-state index contributed by atoms with van der Waals surface area (Å²) in [4.78, 5) is 2.30. The molecule has 1 aromatic carbocycles. The van der Waals surface area contributed by atoms with E-state index >= 15 is 0 Å². The van der Waals surface area contributed by atoms with Gasteiger partial charge < -0.3 is 0 Å². The first kappa shape index (κ1) is 12.1. The zero-order chi connectivity index (χ0) is 12.1. The van der Waals surface area contributed by atoms with Gasteiger partial charge in [-0.25, -0.2) is 4.39 Å². The molecule has 0 aliphatic heterocycles. The van der Waals surface area contributed by atoms with Crippen LogP contribution in [0.15, 0.2) is 24.3 Å². The van der Waals surface area contributed by atoms with E-state index in [2.05, 4.69) is 11.0 Å². The van der Waals surface area contributed by atoms with Crippen LogP contribution in [0.3, 0.4) is 0 Å². The Hall–Kier alpha value is -1.40. The molecule has 0 spiro atoms. The number of hydrogen-bond acceptors (Lipinski definition) is 2. The van der Waals surface area contributed by atoms with Gasteiger partial charge in [-0.3, -0.25) is 4.90 Å². The summed E-state index contributed by atoms with van der Waals surface area (Å²) < 4.78 is 13.5. The van der Waals surface area contributed by atoms with Gasteiger partial charge in [0.1, 0.15) is 5.82 Å². The van der Waals surface area contributed by atoms with E-state index < -0.39 is 0 Å². The van der Waals surface area contributed by atoms with Crippen molar-refractivity contribution < 1.29 is 4.39 Å². The number of nitrogens with zero attached hydrogens (tertiary/aromatic N) is 2. The van der Waals surface area contributed by atoms with Crippen molar-refractivity contribution in [3.63, 3.8) is 0 Å². The Morgan fingerprint density at radius 2 is 2.12 bits per heavy atom. The van der Waals surface area contributed by atoms with E-state index in [-0.39, 0.29) is 5.82 Å². The molecule has 1 fully saturated rings. The lowest BCUT2D eigenvalue weighted by molar-refractivity contribution is 0.249. The molecule has 90 valence electrons. The highest BCUT2D eigenvalue weighted by Gasteiger charge is 2.28. The Morgan fingerprint density at radius 1 is 1.35 bits per heavy atom. The maximum atomic E-state index is 13.5.